The Morgan fingerprint density at radius 3 is 0.800 bits per heavy atom. The van der Waals surface area contributed by atoms with Crippen molar-refractivity contribution in [2.24, 2.45) is 0 Å². The van der Waals surface area contributed by atoms with Crippen molar-refractivity contribution in [2.45, 2.75) is 252 Å². The number of carbonyl (C=O) groups excluding carboxylic acids is 3. The molecule has 0 rings (SSSR count). The lowest BCUT2D eigenvalue weighted by atomic mass is 10.0. The standard InChI is InChI=1S/C44H84O6/c1-4-7-10-13-16-18-19-20-21-22-23-24-26-28-31-34-37-43(46)49-40-41(39-48-42(45)36-33-30-27-15-12-9-6-3)50-44(47)38-35-32-29-25-17-14-11-8-5-2/h41H,4-40H2,1-3H3/t41-/m0/s1. The van der Waals surface area contributed by atoms with Gasteiger partial charge in [0.25, 0.3) is 0 Å². The van der Waals surface area contributed by atoms with Gasteiger partial charge in [0.1, 0.15) is 13.2 Å². The van der Waals surface area contributed by atoms with Crippen molar-refractivity contribution in [1.29, 1.82) is 0 Å². The highest BCUT2D eigenvalue weighted by molar-refractivity contribution is 5.71. The summed E-state index contributed by atoms with van der Waals surface area (Å²) in [5.41, 5.74) is 0. The Hall–Kier alpha value is -1.59. The lowest BCUT2D eigenvalue weighted by molar-refractivity contribution is -0.167. The second-order valence-corrected chi connectivity index (χ2v) is 15.0. The highest BCUT2D eigenvalue weighted by Crippen LogP contribution is 2.15. The molecule has 6 heteroatoms. The van der Waals surface area contributed by atoms with Gasteiger partial charge in [-0.15, -0.1) is 0 Å². The lowest BCUT2D eigenvalue weighted by Crippen LogP contribution is -2.30. The summed E-state index contributed by atoms with van der Waals surface area (Å²) in [7, 11) is 0. The number of carbonyl (C=O) groups is 3. The fraction of sp³-hybridized carbons (Fsp3) is 0.932. The van der Waals surface area contributed by atoms with Crippen molar-refractivity contribution in [1.82, 2.24) is 0 Å². The highest BCUT2D eigenvalue weighted by atomic mass is 16.6. The van der Waals surface area contributed by atoms with E-state index in [1.807, 2.05) is 0 Å². The van der Waals surface area contributed by atoms with E-state index in [1.54, 1.807) is 0 Å². The number of ether oxygens (including phenoxy) is 3. The summed E-state index contributed by atoms with van der Waals surface area (Å²) in [6, 6.07) is 0. The van der Waals surface area contributed by atoms with E-state index in [1.165, 1.54) is 148 Å². The van der Waals surface area contributed by atoms with Gasteiger partial charge in [-0.3, -0.25) is 14.4 Å². The number of esters is 3. The van der Waals surface area contributed by atoms with Crippen LogP contribution in [0.3, 0.4) is 0 Å². The predicted octanol–water partition coefficient (Wildman–Crippen LogP) is 13.7. The monoisotopic (exact) mass is 709 g/mol. The zero-order valence-electron chi connectivity index (χ0n) is 33.7. The molecule has 0 unspecified atom stereocenters. The maximum absolute atomic E-state index is 12.6. The molecule has 0 spiro atoms. The molecule has 0 N–H and O–H groups in total. The number of hydrogen-bond donors (Lipinski definition) is 0. The summed E-state index contributed by atoms with van der Waals surface area (Å²) in [6.07, 6.45) is 39.6. The van der Waals surface area contributed by atoms with Crippen LogP contribution in [0.1, 0.15) is 245 Å². The summed E-state index contributed by atoms with van der Waals surface area (Å²) in [5.74, 6) is -0.863. The van der Waals surface area contributed by atoms with Crippen molar-refractivity contribution < 1.29 is 28.6 Å². The van der Waals surface area contributed by atoms with Crippen molar-refractivity contribution in [3.63, 3.8) is 0 Å². The first-order valence-corrected chi connectivity index (χ1v) is 22.0. The average molecular weight is 709 g/mol. The fourth-order valence-electron chi connectivity index (χ4n) is 6.50. The molecule has 0 fully saturated rings. The van der Waals surface area contributed by atoms with Gasteiger partial charge in [0.15, 0.2) is 6.10 Å². The summed E-state index contributed by atoms with van der Waals surface area (Å²) in [4.78, 5) is 37.4. The third-order valence-electron chi connectivity index (χ3n) is 9.86. The average Bonchev–Trinajstić information content (AvgIpc) is 3.11. The molecule has 296 valence electrons. The van der Waals surface area contributed by atoms with Crippen LogP contribution in [0, 0.1) is 0 Å². The van der Waals surface area contributed by atoms with E-state index in [4.69, 9.17) is 14.2 Å². The zero-order valence-corrected chi connectivity index (χ0v) is 33.7. The smallest absolute Gasteiger partial charge is 0.306 e. The van der Waals surface area contributed by atoms with Crippen LogP contribution in [0.25, 0.3) is 0 Å². The lowest BCUT2D eigenvalue weighted by Gasteiger charge is -2.18. The van der Waals surface area contributed by atoms with E-state index in [9.17, 15) is 14.4 Å². The van der Waals surface area contributed by atoms with Gasteiger partial charge in [0, 0.05) is 19.3 Å². The Morgan fingerprint density at radius 1 is 0.320 bits per heavy atom. The van der Waals surface area contributed by atoms with E-state index >= 15 is 0 Å². The first-order chi connectivity index (χ1) is 24.5. The second-order valence-electron chi connectivity index (χ2n) is 15.0. The maximum Gasteiger partial charge on any atom is 0.306 e. The van der Waals surface area contributed by atoms with Crippen molar-refractivity contribution in [3.05, 3.63) is 0 Å². The van der Waals surface area contributed by atoms with Crippen LogP contribution in [0.5, 0.6) is 0 Å². The summed E-state index contributed by atoms with van der Waals surface area (Å²) in [6.45, 7) is 6.59. The van der Waals surface area contributed by atoms with Crippen molar-refractivity contribution >= 4 is 17.9 Å². The van der Waals surface area contributed by atoms with Gasteiger partial charge in [-0.25, -0.2) is 0 Å². The van der Waals surface area contributed by atoms with E-state index in [0.717, 1.165) is 57.8 Å². The first-order valence-electron chi connectivity index (χ1n) is 22.0. The van der Waals surface area contributed by atoms with Crippen LogP contribution in [0.2, 0.25) is 0 Å². The molecule has 0 aromatic carbocycles. The molecule has 0 aromatic rings. The molecule has 50 heavy (non-hydrogen) atoms. The molecule has 0 aliphatic heterocycles. The largest absolute Gasteiger partial charge is 0.462 e. The maximum atomic E-state index is 12.6. The van der Waals surface area contributed by atoms with Crippen molar-refractivity contribution in [3.8, 4) is 0 Å². The Balaban J connectivity index is 4.20. The van der Waals surface area contributed by atoms with Crippen LogP contribution in [0.15, 0.2) is 0 Å². The molecule has 6 nitrogen and oxygen atoms in total. The van der Waals surface area contributed by atoms with Crippen LogP contribution < -0.4 is 0 Å². The molecule has 0 amide bonds. The second kappa shape index (κ2) is 40.2. The molecule has 0 saturated carbocycles. The van der Waals surface area contributed by atoms with Gasteiger partial charge in [-0.2, -0.15) is 0 Å². The van der Waals surface area contributed by atoms with Gasteiger partial charge in [0.2, 0.25) is 0 Å². The quantitative estimate of drug-likeness (QED) is 0.0358. The fourth-order valence-corrected chi connectivity index (χ4v) is 6.50. The SMILES string of the molecule is CCCCCCCCCCCCCCCCCCC(=O)OC[C@H](COC(=O)CCCCCCCCC)OC(=O)CCCCCCCCCCC. The predicted molar refractivity (Wildman–Crippen MR) is 210 cm³/mol. The van der Waals surface area contributed by atoms with Gasteiger partial charge in [-0.05, 0) is 19.3 Å². The number of hydrogen-bond acceptors (Lipinski definition) is 6. The third-order valence-corrected chi connectivity index (χ3v) is 9.86. The highest BCUT2D eigenvalue weighted by Gasteiger charge is 2.19. The summed E-state index contributed by atoms with van der Waals surface area (Å²) < 4.78 is 16.6. The normalized spacial score (nSPS) is 11.8. The molecule has 0 aromatic heterocycles. The summed E-state index contributed by atoms with van der Waals surface area (Å²) >= 11 is 0. The van der Waals surface area contributed by atoms with Crippen LogP contribution in [-0.2, 0) is 28.6 Å². The molecule has 0 saturated heterocycles. The Morgan fingerprint density at radius 2 is 0.540 bits per heavy atom. The molecule has 0 aliphatic carbocycles. The van der Waals surface area contributed by atoms with Crippen LogP contribution >= 0.6 is 0 Å². The Bertz CT molecular complexity index is 738. The molecular formula is C44H84O6. The minimum atomic E-state index is -0.756. The number of unbranched alkanes of at least 4 members (excludes halogenated alkanes) is 29. The first kappa shape index (κ1) is 48.4. The van der Waals surface area contributed by atoms with E-state index in [2.05, 4.69) is 20.8 Å². The number of rotatable bonds is 40. The molecular weight excluding hydrogens is 624 g/mol. The third kappa shape index (κ3) is 37.7. The van der Waals surface area contributed by atoms with Gasteiger partial charge in [0.05, 0.1) is 0 Å². The molecule has 0 bridgehead atoms. The minimum Gasteiger partial charge on any atom is -0.462 e. The summed E-state index contributed by atoms with van der Waals surface area (Å²) in [5, 5.41) is 0. The van der Waals surface area contributed by atoms with Gasteiger partial charge >= 0.3 is 17.9 Å². The van der Waals surface area contributed by atoms with E-state index < -0.39 is 6.10 Å². The topological polar surface area (TPSA) is 78.9 Å². The molecule has 0 radical (unpaired) electrons. The Labute approximate surface area is 310 Å². The van der Waals surface area contributed by atoms with Crippen molar-refractivity contribution in [2.75, 3.05) is 13.2 Å². The van der Waals surface area contributed by atoms with Crippen LogP contribution in [-0.4, -0.2) is 37.2 Å². The minimum absolute atomic E-state index is 0.0636. The van der Waals surface area contributed by atoms with Crippen LogP contribution in [0.4, 0.5) is 0 Å². The molecule has 1 atom stereocenters. The van der Waals surface area contributed by atoms with Gasteiger partial charge in [-0.1, -0.05) is 207 Å². The van der Waals surface area contributed by atoms with E-state index in [-0.39, 0.29) is 31.1 Å². The Kier molecular flexibility index (Phi) is 38.9. The molecule has 0 heterocycles. The van der Waals surface area contributed by atoms with E-state index in [0.29, 0.717) is 19.3 Å². The zero-order chi connectivity index (χ0) is 36.6. The molecule has 0 aliphatic rings. The van der Waals surface area contributed by atoms with Gasteiger partial charge < -0.3 is 14.2 Å².